The van der Waals surface area contributed by atoms with Crippen LogP contribution in [0.3, 0.4) is 0 Å². The van der Waals surface area contributed by atoms with Gasteiger partial charge in [0.05, 0.1) is 28.9 Å². The number of rotatable bonds is 2. The summed E-state index contributed by atoms with van der Waals surface area (Å²) in [7, 11) is 0. The molecule has 1 N–H and O–H groups in total. The van der Waals surface area contributed by atoms with Crippen LogP contribution in [0.15, 0.2) is 36.4 Å². The van der Waals surface area contributed by atoms with Crippen LogP contribution in [0.1, 0.15) is 30.5 Å². The lowest BCUT2D eigenvalue weighted by Gasteiger charge is -2.56. The number of nitro benzene ring substituents is 1. The molecule has 4 atom stereocenters. The first kappa shape index (κ1) is 23.0. The van der Waals surface area contributed by atoms with Crippen LogP contribution >= 0.6 is 0 Å². The number of benzene rings is 2. The maximum atomic E-state index is 14.3. The number of hydrogen-bond donors (Lipinski definition) is 1. The monoisotopic (exact) mass is 478 g/mol. The van der Waals surface area contributed by atoms with Crippen molar-refractivity contribution in [3.63, 3.8) is 0 Å². The number of imide groups is 2. The summed E-state index contributed by atoms with van der Waals surface area (Å²) in [6.45, 7) is 7.79. The Bertz CT molecular complexity index is 1290. The van der Waals surface area contributed by atoms with Gasteiger partial charge < -0.3 is 9.64 Å². The van der Waals surface area contributed by atoms with Gasteiger partial charge in [-0.05, 0) is 56.5 Å². The number of non-ortho nitro benzene ring substituents is 1. The fourth-order valence-corrected chi connectivity index (χ4v) is 5.82. The molecule has 1 spiro atoms. The highest BCUT2D eigenvalue weighted by molar-refractivity contribution is 6.31. The zero-order valence-corrected chi connectivity index (χ0v) is 19.9. The Hall–Kier alpha value is -3.79. The van der Waals surface area contributed by atoms with E-state index in [1.807, 2.05) is 38.7 Å². The first-order valence-electron chi connectivity index (χ1n) is 11.5. The molecule has 0 unspecified atom stereocenters. The summed E-state index contributed by atoms with van der Waals surface area (Å²) in [6.07, 6.45) is -0.810. The van der Waals surface area contributed by atoms with Crippen molar-refractivity contribution in [2.75, 3.05) is 16.3 Å². The number of ether oxygens (including phenoxy) is 1. The molecule has 2 saturated heterocycles. The van der Waals surface area contributed by atoms with E-state index in [1.165, 1.54) is 12.1 Å². The Labute approximate surface area is 202 Å². The van der Waals surface area contributed by atoms with Gasteiger partial charge in [0.15, 0.2) is 5.41 Å². The molecule has 5 rings (SSSR count). The molecule has 2 aromatic carbocycles. The van der Waals surface area contributed by atoms with Crippen molar-refractivity contribution in [1.82, 2.24) is 5.32 Å². The van der Waals surface area contributed by atoms with Crippen LogP contribution in [0.5, 0.6) is 0 Å². The van der Waals surface area contributed by atoms with Crippen LogP contribution < -0.4 is 15.1 Å². The minimum atomic E-state index is -1.72. The van der Waals surface area contributed by atoms with E-state index in [1.54, 1.807) is 18.2 Å². The van der Waals surface area contributed by atoms with E-state index in [2.05, 4.69) is 5.32 Å². The van der Waals surface area contributed by atoms with Crippen molar-refractivity contribution in [3.05, 3.63) is 63.2 Å². The maximum absolute atomic E-state index is 14.3. The minimum absolute atomic E-state index is 0.0907. The van der Waals surface area contributed by atoms with Gasteiger partial charge in [-0.2, -0.15) is 0 Å². The fraction of sp³-hybridized carbons (Fsp3) is 0.400. The molecule has 2 fully saturated rings. The number of aryl methyl sites for hydroxylation is 1. The molecule has 0 aromatic heterocycles. The number of amides is 4. The second-order valence-electron chi connectivity index (χ2n) is 9.59. The van der Waals surface area contributed by atoms with Crippen LogP contribution in [0.4, 0.5) is 21.9 Å². The van der Waals surface area contributed by atoms with Gasteiger partial charge in [0.2, 0.25) is 5.91 Å². The first-order valence-corrected chi connectivity index (χ1v) is 11.5. The SMILES string of the molecule is Cc1cccc(N2C(=O)NC(=O)[C@]3(Cc4cc([N+](=O)[O-])ccc4N4C[C@@H](C)O[C@@H](C)[C@H]43)C2=O)c1C. The molecule has 182 valence electrons. The molecule has 2 aromatic rings. The van der Waals surface area contributed by atoms with Crippen LogP contribution in [0, 0.1) is 29.4 Å². The minimum Gasteiger partial charge on any atom is -0.372 e. The van der Waals surface area contributed by atoms with Gasteiger partial charge in [-0.3, -0.25) is 25.0 Å². The average molecular weight is 479 g/mol. The van der Waals surface area contributed by atoms with Crippen molar-refractivity contribution in [1.29, 1.82) is 0 Å². The molecule has 3 aliphatic rings. The summed E-state index contributed by atoms with van der Waals surface area (Å²) in [5.41, 5.74) is 1.42. The van der Waals surface area contributed by atoms with Crippen LogP contribution in [-0.4, -0.2) is 47.6 Å². The third-order valence-electron chi connectivity index (χ3n) is 7.47. The van der Waals surface area contributed by atoms with Gasteiger partial charge in [0.1, 0.15) is 0 Å². The van der Waals surface area contributed by atoms with Gasteiger partial charge in [0, 0.05) is 30.8 Å². The zero-order valence-electron chi connectivity index (χ0n) is 19.9. The summed E-state index contributed by atoms with van der Waals surface area (Å²) in [6, 6.07) is 8.28. The smallest absolute Gasteiger partial charge is 0.335 e. The summed E-state index contributed by atoms with van der Waals surface area (Å²) in [5.74, 6) is -1.37. The highest BCUT2D eigenvalue weighted by Crippen LogP contribution is 2.49. The number of nitro groups is 1. The number of fused-ring (bicyclic) bond motifs is 4. The zero-order chi connectivity index (χ0) is 25.2. The number of urea groups is 1. The predicted octanol–water partition coefficient (Wildman–Crippen LogP) is 3.02. The Morgan fingerprint density at radius 3 is 2.57 bits per heavy atom. The second-order valence-corrected chi connectivity index (χ2v) is 9.59. The number of hydrogen-bond acceptors (Lipinski definition) is 7. The summed E-state index contributed by atoms with van der Waals surface area (Å²) < 4.78 is 6.08. The van der Waals surface area contributed by atoms with Crippen molar-refractivity contribution >= 4 is 34.9 Å². The van der Waals surface area contributed by atoms with Gasteiger partial charge in [0.25, 0.3) is 11.6 Å². The van der Waals surface area contributed by atoms with Crippen LogP contribution in [0.2, 0.25) is 0 Å². The summed E-state index contributed by atoms with van der Waals surface area (Å²) in [4.78, 5) is 55.0. The van der Waals surface area contributed by atoms with E-state index in [0.29, 0.717) is 17.8 Å². The fourth-order valence-electron chi connectivity index (χ4n) is 5.82. The van der Waals surface area contributed by atoms with Crippen molar-refractivity contribution < 1.29 is 24.0 Å². The van der Waals surface area contributed by atoms with Gasteiger partial charge in [-0.15, -0.1) is 0 Å². The number of nitrogens with zero attached hydrogens (tertiary/aromatic N) is 3. The first-order chi connectivity index (χ1) is 16.6. The molecule has 3 aliphatic heterocycles. The van der Waals surface area contributed by atoms with E-state index in [0.717, 1.165) is 21.7 Å². The molecule has 10 nitrogen and oxygen atoms in total. The molecule has 10 heteroatoms. The third kappa shape index (κ3) is 3.23. The summed E-state index contributed by atoms with van der Waals surface area (Å²) in [5, 5.41) is 13.9. The lowest BCUT2D eigenvalue weighted by molar-refractivity contribution is -0.384. The highest BCUT2D eigenvalue weighted by atomic mass is 16.6. The Balaban J connectivity index is 1.73. The maximum Gasteiger partial charge on any atom is 0.335 e. The van der Waals surface area contributed by atoms with E-state index < -0.39 is 40.3 Å². The van der Waals surface area contributed by atoms with Crippen LogP contribution in [0.25, 0.3) is 0 Å². The van der Waals surface area contributed by atoms with E-state index >= 15 is 0 Å². The lowest BCUT2D eigenvalue weighted by Crippen LogP contribution is -2.76. The summed E-state index contributed by atoms with van der Waals surface area (Å²) >= 11 is 0. The van der Waals surface area contributed by atoms with Crippen molar-refractivity contribution in [2.24, 2.45) is 5.41 Å². The molecule has 0 aliphatic carbocycles. The highest BCUT2D eigenvalue weighted by Gasteiger charge is 2.65. The average Bonchev–Trinajstić information content (AvgIpc) is 2.79. The van der Waals surface area contributed by atoms with Crippen molar-refractivity contribution in [2.45, 2.75) is 52.4 Å². The topological polar surface area (TPSA) is 122 Å². The number of carbonyl (C=O) groups is 3. The molecule has 0 saturated carbocycles. The molecule has 3 heterocycles. The second kappa shape index (κ2) is 7.88. The van der Waals surface area contributed by atoms with E-state index in [4.69, 9.17) is 4.74 Å². The van der Waals surface area contributed by atoms with Crippen molar-refractivity contribution in [3.8, 4) is 0 Å². The molecular weight excluding hydrogens is 452 g/mol. The van der Waals surface area contributed by atoms with Crippen LogP contribution in [-0.2, 0) is 20.7 Å². The van der Waals surface area contributed by atoms with Gasteiger partial charge >= 0.3 is 6.03 Å². The standard InChI is InChI=1S/C25H26N4O6/c1-13-6-5-7-19(15(13)3)28-23(31)25(22(30)26-24(28)32)11-17-10-18(29(33)34)8-9-20(17)27-12-14(2)35-16(4)21(25)27/h5-10,14,16,21H,11-12H2,1-4H3,(H,26,30,32)/t14-,16+,21+,25-/m1/s1. The molecule has 0 radical (unpaired) electrons. The number of nitrogens with one attached hydrogen (secondary N) is 1. The molecule has 0 bridgehead atoms. The number of barbiturate groups is 1. The molecular formula is C25H26N4O6. The Kier molecular flexibility index (Phi) is 5.17. The third-order valence-corrected chi connectivity index (χ3v) is 7.47. The lowest BCUT2D eigenvalue weighted by atomic mass is 9.66. The van der Waals surface area contributed by atoms with Gasteiger partial charge in [-0.25, -0.2) is 9.69 Å². The van der Waals surface area contributed by atoms with Gasteiger partial charge in [-0.1, -0.05) is 12.1 Å². The quantitative estimate of drug-likeness (QED) is 0.400. The number of morpholine rings is 1. The predicted molar refractivity (Wildman–Crippen MR) is 127 cm³/mol. The Morgan fingerprint density at radius 1 is 1.11 bits per heavy atom. The largest absolute Gasteiger partial charge is 0.372 e. The Morgan fingerprint density at radius 2 is 1.86 bits per heavy atom. The number of carbonyl (C=O) groups excluding carboxylic acids is 3. The number of anilines is 2. The van der Waals surface area contributed by atoms with E-state index in [-0.39, 0.29) is 18.2 Å². The molecule has 35 heavy (non-hydrogen) atoms. The molecule has 4 amide bonds. The van der Waals surface area contributed by atoms with E-state index in [9.17, 15) is 24.5 Å². The normalized spacial score (nSPS) is 28.0.